The summed E-state index contributed by atoms with van der Waals surface area (Å²) in [6.45, 7) is 2.48. The highest BCUT2D eigenvalue weighted by molar-refractivity contribution is 7.07. The van der Waals surface area contributed by atoms with Gasteiger partial charge in [-0.2, -0.15) is 11.3 Å². The van der Waals surface area contributed by atoms with Crippen molar-refractivity contribution in [2.75, 3.05) is 19.7 Å². The summed E-state index contributed by atoms with van der Waals surface area (Å²) in [5, 5.41) is 8.35. The van der Waals surface area contributed by atoms with Gasteiger partial charge in [-0.1, -0.05) is 17.7 Å². The second kappa shape index (κ2) is 7.41. The van der Waals surface area contributed by atoms with Gasteiger partial charge in [0.1, 0.15) is 12.4 Å². The number of rotatable bonds is 7. The largest absolute Gasteiger partial charge is 0.492 e. The summed E-state index contributed by atoms with van der Waals surface area (Å²) in [7, 11) is 0. The van der Waals surface area contributed by atoms with Crippen LogP contribution in [0.5, 0.6) is 5.75 Å². The van der Waals surface area contributed by atoms with Crippen molar-refractivity contribution in [2.45, 2.75) is 6.42 Å². The third-order valence-corrected chi connectivity index (χ3v) is 3.48. The van der Waals surface area contributed by atoms with Crippen molar-refractivity contribution in [1.29, 1.82) is 0 Å². The van der Waals surface area contributed by atoms with E-state index in [1.807, 2.05) is 24.3 Å². The molecule has 0 aliphatic heterocycles. The molecule has 2 aromatic rings. The van der Waals surface area contributed by atoms with Crippen LogP contribution in [-0.2, 0) is 6.42 Å². The molecule has 0 aliphatic rings. The number of hydrogen-bond donors (Lipinski definition) is 1. The van der Waals surface area contributed by atoms with E-state index in [-0.39, 0.29) is 0 Å². The molecule has 2 rings (SSSR count). The van der Waals surface area contributed by atoms with Gasteiger partial charge in [0.15, 0.2) is 0 Å². The van der Waals surface area contributed by atoms with Crippen LogP contribution < -0.4 is 10.1 Å². The summed E-state index contributed by atoms with van der Waals surface area (Å²) < 4.78 is 5.58. The van der Waals surface area contributed by atoms with Crippen molar-refractivity contribution in [2.24, 2.45) is 0 Å². The van der Waals surface area contributed by atoms with Gasteiger partial charge >= 0.3 is 0 Å². The van der Waals surface area contributed by atoms with Crippen LogP contribution in [0.25, 0.3) is 0 Å². The van der Waals surface area contributed by atoms with E-state index in [0.29, 0.717) is 11.6 Å². The van der Waals surface area contributed by atoms with E-state index >= 15 is 0 Å². The van der Waals surface area contributed by atoms with Crippen LogP contribution in [-0.4, -0.2) is 19.7 Å². The van der Waals surface area contributed by atoms with E-state index in [9.17, 15) is 0 Å². The Hall–Kier alpha value is -1.03. The van der Waals surface area contributed by atoms with Gasteiger partial charge in [0.2, 0.25) is 0 Å². The molecular formula is C14H16ClNOS. The lowest BCUT2D eigenvalue weighted by molar-refractivity contribution is 0.314. The standard InChI is InChI=1S/C14H16ClNOS/c15-13-2-1-3-14(10-13)17-8-7-16-6-4-12-5-9-18-11-12/h1-3,5,9-11,16H,4,6-8H2. The minimum Gasteiger partial charge on any atom is -0.492 e. The molecule has 0 fully saturated rings. The molecule has 0 atom stereocenters. The van der Waals surface area contributed by atoms with Crippen LogP contribution in [0.1, 0.15) is 5.56 Å². The van der Waals surface area contributed by atoms with E-state index in [0.717, 1.165) is 25.3 Å². The predicted octanol–water partition coefficient (Wildman–Crippen LogP) is 3.61. The Morgan fingerprint density at radius 3 is 2.94 bits per heavy atom. The molecule has 1 aromatic carbocycles. The van der Waals surface area contributed by atoms with Gasteiger partial charge in [-0.25, -0.2) is 0 Å². The molecule has 0 amide bonds. The normalized spacial score (nSPS) is 10.5. The summed E-state index contributed by atoms with van der Waals surface area (Å²) in [5.74, 6) is 0.821. The van der Waals surface area contributed by atoms with Gasteiger partial charge in [0.25, 0.3) is 0 Å². The Morgan fingerprint density at radius 2 is 2.17 bits per heavy atom. The summed E-state index contributed by atoms with van der Waals surface area (Å²) in [6, 6.07) is 9.63. The maximum atomic E-state index is 5.87. The number of benzene rings is 1. The number of ether oxygens (including phenoxy) is 1. The first-order chi connectivity index (χ1) is 8.84. The van der Waals surface area contributed by atoms with Crippen molar-refractivity contribution in [3.8, 4) is 5.75 Å². The molecule has 18 heavy (non-hydrogen) atoms. The Bertz CT molecular complexity index is 459. The highest BCUT2D eigenvalue weighted by atomic mass is 35.5. The fraction of sp³-hybridized carbons (Fsp3) is 0.286. The highest BCUT2D eigenvalue weighted by Gasteiger charge is 1.95. The molecule has 2 nitrogen and oxygen atoms in total. The first kappa shape index (κ1) is 13.4. The minimum atomic E-state index is 0.657. The zero-order valence-corrected chi connectivity index (χ0v) is 11.6. The van der Waals surface area contributed by atoms with Crippen LogP contribution in [0.3, 0.4) is 0 Å². The van der Waals surface area contributed by atoms with Gasteiger partial charge in [-0.05, 0) is 53.6 Å². The number of hydrogen-bond acceptors (Lipinski definition) is 3. The second-order valence-corrected chi connectivity index (χ2v) is 5.15. The van der Waals surface area contributed by atoms with E-state index in [4.69, 9.17) is 16.3 Å². The summed E-state index contributed by atoms with van der Waals surface area (Å²) in [5.41, 5.74) is 1.39. The maximum Gasteiger partial charge on any atom is 0.120 e. The molecule has 1 heterocycles. The Morgan fingerprint density at radius 1 is 1.22 bits per heavy atom. The molecule has 4 heteroatoms. The van der Waals surface area contributed by atoms with E-state index in [1.165, 1.54) is 5.56 Å². The van der Waals surface area contributed by atoms with Crippen molar-refractivity contribution in [1.82, 2.24) is 5.32 Å². The van der Waals surface area contributed by atoms with Gasteiger partial charge in [-0.15, -0.1) is 0 Å². The molecule has 0 saturated carbocycles. The fourth-order valence-electron chi connectivity index (χ4n) is 1.59. The Labute approximate surface area is 117 Å². The third-order valence-electron chi connectivity index (χ3n) is 2.51. The van der Waals surface area contributed by atoms with E-state index in [1.54, 1.807) is 11.3 Å². The second-order valence-electron chi connectivity index (χ2n) is 3.94. The number of thiophene rings is 1. The lowest BCUT2D eigenvalue weighted by Crippen LogP contribution is -2.23. The molecule has 1 aromatic heterocycles. The minimum absolute atomic E-state index is 0.657. The van der Waals surface area contributed by atoms with Gasteiger partial charge < -0.3 is 10.1 Å². The molecule has 0 spiro atoms. The van der Waals surface area contributed by atoms with Crippen molar-refractivity contribution < 1.29 is 4.74 Å². The maximum absolute atomic E-state index is 5.87. The number of nitrogens with one attached hydrogen (secondary N) is 1. The van der Waals surface area contributed by atoms with Crippen molar-refractivity contribution in [3.05, 3.63) is 51.7 Å². The zero-order chi connectivity index (χ0) is 12.6. The molecule has 0 bridgehead atoms. The first-order valence-electron chi connectivity index (χ1n) is 5.95. The molecule has 96 valence electrons. The molecule has 0 saturated heterocycles. The van der Waals surface area contributed by atoms with Crippen LogP contribution in [0.4, 0.5) is 0 Å². The van der Waals surface area contributed by atoms with Crippen LogP contribution in [0.2, 0.25) is 5.02 Å². The molecule has 0 aliphatic carbocycles. The third kappa shape index (κ3) is 4.69. The van der Waals surface area contributed by atoms with Crippen molar-refractivity contribution >= 4 is 22.9 Å². The lowest BCUT2D eigenvalue weighted by atomic mass is 10.2. The van der Waals surface area contributed by atoms with E-state index < -0.39 is 0 Å². The van der Waals surface area contributed by atoms with Crippen LogP contribution in [0, 0.1) is 0 Å². The highest BCUT2D eigenvalue weighted by Crippen LogP contribution is 2.16. The molecular weight excluding hydrogens is 266 g/mol. The quantitative estimate of drug-likeness (QED) is 0.783. The Balaban J connectivity index is 1.56. The smallest absolute Gasteiger partial charge is 0.120 e. The average molecular weight is 282 g/mol. The molecule has 0 unspecified atom stereocenters. The van der Waals surface area contributed by atoms with Gasteiger partial charge in [-0.3, -0.25) is 0 Å². The van der Waals surface area contributed by atoms with Crippen LogP contribution in [0.15, 0.2) is 41.1 Å². The summed E-state index contributed by atoms with van der Waals surface area (Å²) >= 11 is 7.61. The van der Waals surface area contributed by atoms with Gasteiger partial charge in [0, 0.05) is 11.6 Å². The van der Waals surface area contributed by atoms with E-state index in [2.05, 4.69) is 22.1 Å². The first-order valence-corrected chi connectivity index (χ1v) is 7.27. The Kier molecular flexibility index (Phi) is 5.52. The zero-order valence-electron chi connectivity index (χ0n) is 10.1. The molecule has 0 radical (unpaired) electrons. The van der Waals surface area contributed by atoms with Crippen molar-refractivity contribution in [3.63, 3.8) is 0 Å². The summed E-state index contributed by atoms with van der Waals surface area (Å²) in [4.78, 5) is 0. The molecule has 1 N–H and O–H groups in total. The SMILES string of the molecule is Clc1cccc(OCCNCCc2ccsc2)c1. The topological polar surface area (TPSA) is 21.3 Å². The lowest BCUT2D eigenvalue weighted by Gasteiger charge is -2.07. The monoisotopic (exact) mass is 281 g/mol. The van der Waals surface area contributed by atoms with Crippen LogP contribution >= 0.6 is 22.9 Å². The fourth-order valence-corrected chi connectivity index (χ4v) is 2.47. The van der Waals surface area contributed by atoms with Gasteiger partial charge in [0.05, 0.1) is 0 Å². The number of halogens is 1. The predicted molar refractivity (Wildman–Crippen MR) is 77.8 cm³/mol. The average Bonchev–Trinajstić information content (AvgIpc) is 2.87. The summed E-state index contributed by atoms with van der Waals surface area (Å²) in [6.07, 6.45) is 1.07.